The molecule has 30 heavy (non-hydrogen) atoms. The van der Waals surface area contributed by atoms with E-state index < -0.39 is 6.10 Å². The van der Waals surface area contributed by atoms with Crippen molar-refractivity contribution in [3.63, 3.8) is 0 Å². The first-order valence-electron chi connectivity index (χ1n) is 9.43. The van der Waals surface area contributed by atoms with Crippen LogP contribution in [-0.4, -0.2) is 47.8 Å². The molecule has 0 spiro atoms. The lowest BCUT2D eigenvalue weighted by molar-refractivity contribution is -0.0288. The number of anilines is 2. The molecule has 4 N–H and O–H groups in total. The van der Waals surface area contributed by atoms with Crippen LogP contribution in [0.5, 0.6) is 0 Å². The van der Waals surface area contributed by atoms with E-state index in [2.05, 4.69) is 20.6 Å². The number of halogens is 1. The first kappa shape index (κ1) is 25.6. The van der Waals surface area contributed by atoms with Crippen molar-refractivity contribution in [3.05, 3.63) is 53.5 Å². The van der Waals surface area contributed by atoms with Crippen molar-refractivity contribution in [2.24, 2.45) is 0 Å². The Balaban J connectivity index is 0.000000383. The molecule has 3 rings (SSSR count). The summed E-state index contributed by atoms with van der Waals surface area (Å²) in [6, 6.07) is 8.54. The highest BCUT2D eigenvalue weighted by molar-refractivity contribution is 7.23. The lowest BCUT2D eigenvalue weighted by atomic mass is 10.2. The number of pyridine rings is 1. The fraction of sp³-hybridized carbons (Fsp3) is 0.333. The van der Waals surface area contributed by atoms with Gasteiger partial charge in [-0.3, -0.25) is 9.63 Å². The molecule has 0 radical (unpaired) electrons. The van der Waals surface area contributed by atoms with Crippen LogP contribution in [0.15, 0.2) is 36.5 Å². The van der Waals surface area contributed by atoms with Gasteiger partial charge in [0, 0.05) is 18.6 Å². The molecule has 0 aliphatic heterocycles. The highest BCUT2D eigenvalue weighted by Gasteiger charge is 2.13. The van der Waals surface area contributed by atoms with Gasteiger partial charge in [-0.1, -0.05) is 31.3 Å². The molecule has 0 saturated heterocycles. The van der Waals surface area contributed by atoms with E-state index in [1.54, 1.807) is 25.4 Å². The van der Waals surface area contributed by atoms with E-state index >= 15 is 0 Å². The van der Waals surface area contributed by atoms with Crippen molar-refractivity contribution in [2.75, 3.05) is 25.6 Å². The van der Waals surface area contributed by atoms with Crippen LogP contribution in [0.4, 0.5) is 15.1 Å². The van der Waals surface area contributed by atoms with Gasteiger partial charge < -0.3 is 15.5 Å². The molecule has 0 aliphatic carbocycles. The summed E-state index contributed by atoms with van der Waals surface area (Å²) >= 11 is 1.34. The number of aldehydes is 1. The minimum absolute atomic E-state index is 0.118. The van der Waals surface area contributed by atoms with Crippen LogP contribution >= 0.6 is 11.3 Å². The summed E-state index contributed by atoms with van der Waals surface area (Å²) in [5.74, 6) is -0.340. The van der Waals surface area contributed by atoms with E-state index in [0.717, 1.165) is 22.1 Å². The Morgan fingerprint density at radius 1 is 1.33 bits per heavy atom. The van der Waals surface area contributed by atoms with Crippen LogP contribution in [0.2, 0.25) is 0 Å². The average Bonchev–Trinajstić information content (AvgIpc) is 3.12. The quantitative estimate of drug-likeness (QED) is 0.329. The highest BCUT2D eigenvalue weighted by atomic mass is 32.1. The topological polar surface area (TPSA) is 104 Å². The van der Waals surface area contributed by atoms with Crippen LogP contribution in [0.1, 0.15) is 29.8 Å². The predicted molar refractivity (Wildman–Crippen MR) is 119 cm³/mol. The third-order valence-electron chi connectivity index (χ3n) is 3.63. The maximum atomic E-state index is 13.9. The maximum absolute atomic E-state index is 13.9. The van der Waals surface area contributed by atoms with Gasteiger partial charge in [0.15, 0.2) is 6.29 Å². The third kappa shape index (κ3) is 7.43. The number of hydroxylamine groups is 1. The van der Waals surface area contributed by atoms with Gasteiger partial charge in [0.05, 0.1) is 24.5 Å². The largest absolute Gasteiger partial charge is 0.394 e. The van der Waals surface area contributed by atoms with Gasteiger partial charge in [-0.05, 0) is 36.8 Å². The summed E-state index contributed by atoms with van der Waals surface area (Å²) in [6.07, 6.45) is 1.67. The Kier molecular flexibility index (Phi) is 11.7. The first-order chi connectivity index (χ1) is 14.5. The SMILES string of the molecule is CC.CNOCC(O)CO.Cc1ccc(Nc2sc3ncccc3c2C=O)c(F)c1. The number of aromatic nitrogens is 1. The number of aliphatic hydroxyl groups is 2. The fourth-order valence-electron chi connectivity index (χ4n) is 2.24. The average molecular weight is 438 g/mol. The summed E-state index contributed by atoms with van der Waals surface area (Å²) in [4.78, 5) is 20.8. The summed E-state index contributed by atoms with van der Waals surface area (Å²) in [6.45, 7) is 5.68. The first-order valence-corrected chi connectivity index (χ1v) is 10.2. The van der Waals surface area contributed by atoms with Gasteiger partial charge >= 0.3 is 0 Å². The number of nitrogens with zero attached hydrogens (tertiary/aromatic N) is 1. The molecule has 7 nitrogen and oxygen atoms in total. The second-order valence-corrected chi connectivity index (χ2v) is 6.78. The smallest absolute Gasteiger partial charge is 0.153 e. The molecule has 2 aromatic heterocycles. The normalized spacial score (nSPS) is 11.0. The molecule has 2 heterocycles. The summed E-state index contributed by atoms with van der Waals surface area (Å²) < 4.78 is 13.9. The van der Waals surface area contributed by atoms with Gasteiger partial charge in [-0.2, -0.15) is 0 Å². The molecule has 0 amide bonds. The monoisotopic (exact) mass is 437 g/mol. The van der Waals surface area contributed by atoms with Gasteiger partial charge in [0.25, 0.3) is 0 Å². The van der Waals surface area contributed by atoms with E-state index in [-0.39, 0.29) is 19.0 Å². The third-order valence-corrected chi connectivity index (χ3v) is 4.67. The van der Waals surface area contributed by atoms with Crippen LogP contribution in [0.3, 0.4) is 0 Å². The Hall–Kier alpha value is -2.43. The van der Waals surface area contributed by atoms with E-state index in [9.17, 15) is 9.18 Å². The number of benzene rings is 1. The highest BCUT2D eigenvalue weighted by Crippen LogP contribution is 2.35. The molecule has 1 unspecified atom stereocenters. The molecular weight excluding hydrogens is 409 g/mol. The number of carbonyl (C=O) groups excluding carboxylic acids is 1. The molecule has 0 bridgehead atoms. The number of fused-ring (bicyclic) bond motifs is 1. The van der Waals surface area contributed by atoms with E-state index in [1.165, 1.54) is 17.4 Å². The number of carbonyl (C=O) groups is 1. The zero-order valence-electron chi connectivity index (χ0n) is 17.5. The van der Waals surface area contributed by atoms with E-state index in [1.807, 2.05) is 32.9 Å². The van der Waals surface area contributed by atoms with Crippen molar-refractivity contribution >= 4 is 38.5 Å². The molecule has 0 aliphatic rings. The number of aliphatic hydroxyl groups excluding tert-OH is 2. The van der Waals surface area contributed by atoms with Crippen LogP contribution < -0.4 is 10.8 Å². The minimum Gasteiger partial charge on any atom is -0.394 e. The Morgan fingerprint density at radius 2 is 2.07 bits per heavy atom. The Morgan fingerprint density at radius 3 is 2.67 bits per heavy atom. The van der Waals surface area contributed by atoms with Gasteiger partial charge in [-0.25, -0.2) is 14.9 Å². The number of hydrogen-bond donors (Lipinski definition) is 4. The number of thiophene rings is 1. The zero-order chi connectivity index (χ0) is 22.5. The van der Waals surface area contributed by atoms with Crippen molar-refractivity contribution in [1.29, 1.82) is 0 Å². The predicted octanol–water partition coefficient (Wildman–Crippen LogP) is 3.82. The van der Waals surface area contributed by atoms with Gasteiger partial charge in [-0.15, -0.1) is 0 Å². The lowest BCUT2D eigenvalue weighted by Gasteiger charge is -2.06. The number of aryl methyl sites for hydroxylation is 1. The van der Waals surface area contributed by atoms with Crippen molar-refractivity contribution in [1.82, 2.24) is 10.5 Å². The summed E-state index contributed by atoms with van der Waals surface area (Å²) in [7, 11) is 1.59. The zero-order valence-corrected chi connectivity index (χ0v) is 18.3. The van der Waals surface area contributed by atoms with E-state index in [0.29, 0.717) is 16.3 Å². The van der Waals surface area contributed by atoms with E-state index in [4.69, 9.17) is 10.2 Å². The summed E-state index contributed by atoms with van der Waals surface area (Å²) in [5.41, 5.74) is 4.07. The molecule has 1 atom stereocenters. The fourth-order valence-corrected chi connectivity index (χ4v) is 3.26. The van der Waals surface area contributed by atoms with Crippen LogP contribution in [0.25, 0.3) is 10.2 Å². The number of hydrogen-bond acceptors (Lipinski definition) is 8. The van der Waals surface area contributed by atoms with Crippen molar-refractivity contribution in [3.8, 4) is 0 Å². The molecule has 9 heteroatoms. The van der Waals surface area contributed by atoms with Crippen molar-refractivity contribution in [2.45, 2.75) is 26.9 Å². The molecular formula is C21H28FN3O4S. The van der Waals surface area contributed by atoms with Crippen molar-refractivity contribution < 1.29 is 24.2 Å². The number of rotatable bonds is 7. The van der Waals surface area contributed by atoms with Gasteiger partial charge in [0.1, 0.15) is 21.8 Å². The molecule has 0 saturated carbocycles. The molecule has 1 aromatic carbocycles. The second kappa shape index (κ2) is 13.7. The molecule has 0 fully saturated rings. The molecule has 3 aromatic rings. The van der Waals surface area contributed by atoms with Crippen LogP contribution in [-0.2, 0) is 4.84 Å². The maximum Gasteiger partial charge on any atom is 0.153 e. The lowest BCUT2D eigenvalue weighted by Crippen LogP contribution is -2.23. The Labute approximate surface area is 179 Å². The summed E-state index contributed by atoms with van der Waals surface area (Å²) in [5, 5.41) is 21.1. The Bertz CT molecular complexity index is 920. The minimum atomic E-state index is -0.776. The second-order valence-electron chi connectivity index (χ2n) is 5.78. The standard InChI is InChI=1S/C15H11FN2OS.C4H11NO3.C2H6/c1-9-4-5-13(12(16)7-9)18-15-11(8-19)10-3-2-6-17-14(10)20-15;1-5-8-3-4(7)2-6;1-2/h2-8,18H,1H3;4-7H,2-3H2,1H3;1-2H3. The number of nitrogens with one attached hydrogen (secondary N) is 2. The van der Waals surface area contributed by atoms with Crippen LogP contribution in [0, 0.1) is 12.7 Å². The van der Waals surface area contributed by atoms with Gasteiger partial charge in [0.2, 0.25) is 0 Å². The molecule has 164 valence electrons.